The maximum Gasteiger partial charge on any atom is 0.291 e. The fourth-order valence-electron chi connectivity index (χ4n) is 2.81. The van der Waals surface area contributed by atoms with Crippen LogP contribution in [0.25, 0.3) is 0 Å². The van der Waals surface area contributed by atoms with Crippen molar-refractivity contribution in [1.82, 2.24) is 9.78 Å². The molecule has 0 saturated heterocycles. The summed E-state index contributed by atoms with van der Waals surface area (Å²) in [5.74, 6) is 1.44. The minimum atomic E-state index is -0.0768. The molecule has 110 valence electrons. The summed E-state index contributed by atoms with van der Waals surface area (Å²) in [5.41, 5.74) is 0.446. The molecule has 3 rings (SSSR count). The van der Waals surface area contributed by atoms with Crippen molar-refractivity contribution in [2.24, 2.45) is 11.8 Å². The average molecular weight is 296 g/mol. The number of hydrogen-bond donors (Lipinski definition) is 1. The van der Waals surface area contributed by atoms with Gasteiger partial charge >= 0.3 is 0 Å². The molecule has 1 atom stereocenters. The molecule has 1 heterocycles. The van der Waals surface area contributed by atoms with E-state index < -0.39 is 0 Å². The highest BCUT2D eigenvalue weighted by Gasteiger charge is 2.25. The van der Waals surface area contributed by atoms with Crippen molar-refractivity contribution < 1.29 is 0 Å². The summed E-state index contributed by atoms with van der Waals surface area (Å²) < 4.78 is 1.57. The lowest BCUT2D eigenvalue weighted by Gasteiger charge is -2.25. The molecule has 0 spiro atoms. The van der Waals surface area contributed by atoms with Crippen molar-refractivity contribution in [2.75, 3.05) is 5.32 Å². The van der Waals surface area contributed by atoms with Gasteiger partial charge in [-0.3, -0.25) is 4.79 Å². The molecule has 2 aliphatic rings. The van der Waals surface area contributed by atoms with Crippen LogP contribution in [0.4, 0.5) is 5.69 Å². The van der Waals surface area contributed by atoms with E-state index in [4.69, 9.17) is 11.6 Å². The Hall–Kier alpha value is -1.03. The molecule has 0 radical (unpaired) electrons. The van der Waals surface area contributed by atoms with Crippen LogP contribution >= 0.6 is 11.6 Å². The Kier molecular flexibility index (Phi) is 4.01. The Bertz CT molecular complexity index is 534. The van der Waals surface area contributed by atoms with Gasteiger partial charge in [-0.05, 0) is 38.0 Å². The van der Waals surface area contributed by atoms with Gasteiger partial charge in [-0.2, -0.15) is 5.10 Å². The topological polar surface area (TPSA) is 46.9 Å². The van der Waals surface area contributed by atoms with Crippen molar-refractivity contribution in [3.63, 3.8) is 0 Å². The highest BCUT2D eigenvalue weighted by molar-refractivity contribution is 6.33. The lowest BCUT2D eigenvalue weighted by atomic mass is 9.85. The molecule has 2 fully saturated rings. The van der Waals surface area contributed by atoms with E-state index in [1.165, 1.54) is 32.1 Å². The molecule has 2 aliphatic carbocycles. The van der Waals surface area contributed by atoms with Crippen LogP contribution in [0.2, 0.25) is 5.02 Å². The summed E-state index contributed by atoms with van der Waals surface area (Å²) >= 11 is 6.14. The van der Waals surface area contributed by atoms with E-state index in [-0.39, 0.29) is 11.6 Å². The van der Waals surface area contributed by atoms with E-state index in [1.807, 2.05) is 0 Å². The normalized spacial score (nSPS) is 20.5. The lowest BCUT2D eigenvalue weighted by molar-refractivity contribution is 0.262. The van der Waals surface area contributed by atoms with Gasteiger partial charge < -0.3 is 5.32 Å². The number of hydrogen-bond acceptors (Lipinski definition) is 3. The van der Waals surface area contributed by atoms with E-state index in [0.717, 1.165) is 18.9 Å². The van der Waals surface area contributed by atoms with Crippen LogP contribution in [0.1, 0.15) is 45.4 Å². The predicted molar refractivity (Wildman–Crippen MR) is 81.3 cm³/mol. The molecular formula is C15H22ClN3O. The summed E-state index contributed by atoms with van der Waals surface area (Å²) in [5, 5.41) is 7.90. The number of nitrogens with zero attached hydrogens (tertiary/aromatic N) is 2. The van der Waals surface area contributed by atoms with Gasteiger partial charge in [0.25, 0.3) is 5.56 Å². The minimum absolute atomic E-state index is 0.0768. The second-order valence-corrected chi connectivity index (χ2v) is 6.78. The molecule has 1 aromatic heterocycles. The fraction of sp³-hybridized carbons (Fsp3) is 0.733. The first kappa shape index (κ1) is 13.9. The zero-order chi connectivity index (χ0) is 14.1. The molecule has 0 aromatic carbocycles. The number of aromatic nitrogens is 2. The molecule has 1 aromatic rings. The summed E-state index contributed by atoms with van der Waals surface area (Å²) in [6, 6.07) is 0.284. The van der Waals surface area contributed by atoms with Gasteiger partial charge in [0.15, 0.2) is 0 Å². The maximum atomic E-state index is 12.5. The van der Waals surface area contributed by atoms with Crippen LogP contribution in [0.15, 0.2) is 11.0 Å². The molecule has 0 amide bonds. The van der Waals surface area contributed by atoms with Crippen molar-refractivity contribution in [3.05, 3.63) is 21.6 Å². The Balaban J connectivity index is 1.73. The van der Waals surface area contributed by atoms with Gasteiger partial charge in [0.2, 0.25) is 0 Å². The minimum Gasteiger partial charge on any atom is -0.377 e. The molecular weight excluding hydrogens is 274 g/mol. The number of rotatable bonds is 6. The lowest BCUT2D eigenvalue weighted by Crippen LogP contribution is -2.32. The van der Waals surface area contributed by atoms with E-state index in [9.17, 15) is 4.79 Å². The number of halogens is 1. The number of nitrogens with one attached hydrogen (secondary N) is 1. The van der Waals surface area contributed by atoms with Crippen molar-refractivity contribution in [3.8, 4) is 0 Å². The highest BCUT2D eigenvalue weighted by atomic mass is 35.5. The SMILES string of the molecule is CC(CC1CC1)Nc1c(Cl)cnn(CC2CCC2)c1=O. The van der Waals surface area contributed by atoms with Gasteiger partial charge in [-0.15, -0.1) is 0 Å². The van der Waals surface area contributed by atoms with Crippen molar-refractivity contribution in [1.29, 1.82) is 0 Å². The standard InChI is InChI=1S/C15H22ClN3O/c1-10(7-11-5-6-11)18-14-13(16)8-17-19(15(14)20)9-12-3-2-4-12/h8,10-12,18H,2-7,9H2,1H3. The molecule has 5 heteroatoms. The molecule has 1 N–H and O–H groups in total. The second-order valence-electron chi connectivity index (χ2n) is 6.38. The molecule has 20 heavy (non-hydrogen) atoms. The Morgan fingerprint density at radius 1 is 1.40 bits per heavy atom. The van der Waals surface area contributed by atoms with Crippen LogP contribution in [-0.4, -0.2) is 15.8 Å². The third kappa shape index (κ3) is 3.17. The molecule has 0 aliphatic heterocycles. The second kappa shape index (κ2) is 5.76. The van der Waals surface area contributed by atoms with E-state index in [2.05, 4.69) is 17.3 Å². The Labute approximate surface area is 124 Å². The summed E-state index contributed by atoms with van der Waals surface area (Å²) in [6.45, 7) is 2.84. The van der Waals surface area contributed by atoms with Gasteiger partial charge in [0.05, 0.1) is 11.2 Å². The van der Waals surface area contributed by atoms with Gasteiger partial charge in [0.1, 0.15) is 5.69 Å². The monoisotopic (exact) mass is 295 g/mol. The number of anilines is 1. The molecule has 0 bridgehead atoms. The van der Waals surface area contributed by atoms with Crippen molar-refractivity contribution in [2.45, 2.75) is 58.0 Å². The summed E-state index contributed by atoms with van der Waals surface area (Å²) in [7, 11) is 0. The first-order valence-electron chi connectivity index (χ1n) is 7.65. The predicted octanol–water partition coefficient (Wildman–Crippen LogP) is 3.30. The van der Waals surface area contributed by atoms with Gasteiger partial charge in [-0.25, -0.2) is 4.68 Å². The van der Waals surface area contributed by atoms with Crippen molar-refractivity contribution >= 4 is 17.3 Å². The van der Waals surface area contributed by atoms with E-state index in [1.54, 1.807) is 10.9 Å². The van der Waals surface area contributed by atoms with Crippen LogP contribution in [0.3, 0.4) is 0 Å². The van der Waals surface area contributed by atoms with Crippen LogP contribution in [0.5, 0.6) is 0 Å². The Morgan fingerprint density at radius 3 is 2.75 bits per heavy atom. The Morgan fingerprint density at radius 2 is 2.15 bits per heavy atom. The maximum absolute atomic E-state index is 12.5. The molecule has 4 nitrogen and oxygen atoms in total. The average Bonchev–Trinajstić information content (AvgIpc) is 3.15. The van der Waals surface area contributed by atoms with E-state index in [0.29, 0.717) is 16.6 Å². The summed E-state index contributed by atoms with van der Waals surface area (Å²) in [4.78, 5) is 12.5. The molecule has 2 saturated carbocycles. The smallest absolute Gasteiger partial charge is 0.291 e. The fourth-order valence-corrected chi connectivity index (χ4v) is 2.99. The van der Waals surface area contributed by atoms with Crippen LogP contribution in [-0.2, 0) is 6.54 Å². The van der Waals surface area contributed by atoms with Gasteiger partial charge in [-0.1, -0.05) is 30.9 Å². The van der Waals surface area contributed by atoms with Crippen LogP contribution in [0, 0.1) is 11.8 Å². The van der Waals surface area contributed by atoms with Gasteiger partial charge in [0, 0.05) is 12.6 Å². The first-order chi connectivity index (χ1) is 9.63. The zero-order valence-corrected chi connectivity index (χ0v) is 12.7. The summed E-state index contributed by atoms with van der Waals surface area (Å²) in [6.07, 6.45) is 9.03. The zero-order valence-electron chi connectivity index (χ0n) is 11.9. The van der Waals surface area contributed by atoms with E-state index >= 15 is 0 Å². The van der Waals surface area contributed by atoms with Crippen LogP contribution < -0.4 is 10.9 Å². The molecule has 1 unspecified atom stereocenters. The third-order valence-electron chi connectivity index (χ3n) is 4.43. The quantitative estimate of drug-likeness (QED) is 0.876. The largest absolute Gasteiger partial charge is 0.377 e. The third-order valence-corrected chi connectivity index (χ3v) is 4.71. The highest BCUT2D eigenvalue weighted by Crippen LogP contribution is 2.34. The first-order valence-corrected chi connectivity index (χ1v) is 8.03.